The molecule has 11 heteroatoms. The summed E-state index contributed by atoms with van der Waals surface area (Å²) in [4.78, 5) is 42.0. The van der Waals surface area contributed by atoms with Crippen LogP contribution in [0.5, 0.6) is 5.75 Å². The van der Waals surface area contributed by atoms with Crippen molar-refractivity contribution in [3.63, 3.8) is 0 Å². The van der Waals surface area contributed by atoms with Crippen molar-refractivity contribution < 1.29 is 14.3 Å². The third kappa shape index (κ3) is 7.86. The van der Waals surface area contributed by atoms with Crippen LogP contribution in [0, 0.1) is 5.92 Å². The van der Waals surface area contributed by atoms with Crippen LogP contribution in [0.15, 0.2) is 60.4 Å². The van der Waals surface area contributed by atoms with Gasteiger partial charge in [-0.2, -0.15) is 0 Å². The highest BCUT2D eigenvalue weighted by Gasteiger charge is 2.32. The van der Waals surface area contributed by atoms with E-state index in [9.17, 15) is 9.59 Å². The van der Waals surface area contributed by atoms with E-state index in [4.69, 9.17) is 16.3 Å². The largest absolute Gasteiger partial charge is 0.489 e. The van der Waals surface area contributed by atoms with Crippen molar-refractivity contribution in [2.45, 2.75) is 70.1 Å². The fourth-order valence-electron chi connectivity index (χ4n) is 7.62. The minimum Gasteiger partial charge on any atom is -0.489 e. The average molecular weight is 684 g/mol. The number of likely N-dealkylation sites (N-methyl/N-ethyl adjacent to an activating group) is 1. The molecule has 2 aromatic carbocycles. The molecule has 3 fully saturated rings. The summed E-state index contributed by atoms with van der Waals surface area (Å²) in [5, 5.41) is 7.27. The number of anilines is 3. The highest BCUT2D eigenvalue weighted by atomic mass is 35.5. The number of amides is 2. The molecule has 1 unspecified atom stereocenters. The molecule has 0 spiro atoms. The predicted octanol–water partition coefficient (Wildman–Crippen LogP) is 6.37. The molecule has 0 radical (unpaired) electrons. The van der Waals surface area contributed by atoms with Crippen LogP contribution in [0.3, 0.4) is 0 Å². The first-order valence-corrected chi connectivity index (χ1v) is 18.1. The number of benzene rings is 2. The van der Waals surface area contributed by atoms with Gasteiger partial charge in [0, 0.05) is 82.4 Å². The maximum atomic E-state index is 13.8. The van der Waals surface area contributed by atoms with Crippen molar-refractivity contribution in [2.24, 2.45) is 5.92 Å². The Morgan fingerprint density at radius 1 is 1.02 bits per heavy atom. The van der Waals surface area contributed by atoms with Crippen LogP contribution in [-0.4, -0.2) is 88.4 Å². The Bertz CT molecular complexity index is 1670. The van der Waals surface area contributed by atoms with E-state index >= 15 is 0 Å². The normalized spacial score (nSPS) is 20.2. The van der Waals surface area contributed by atoms with Crippen LogP contribution in [-0.2, 0) is 16.1 Å². The summed E-state index contributed by atoms with van der Waals surface area (Å²) in [6.07, 6.45) is 11.0. The Morgan fingerprint density at radius 3 is 2.59 bits per heavy atom. The molecule has 1 saturated carbocycles. The monoisotopic (exact) mass is 683 g/mol. The van der Waals surface area contributed by atoms with Gasteiger partial charge < -0.3 is 25.2 Å². The van der Waals surface area contributed by atoms with Gasteiger partial charge in [-0.3, -0.25) is 14.5 Å². The molecule has 1 aliphatic carbocycles. The van der Waals surface area contributed by atoms with Gasteiger partial charge in [0.2, 0.25) is 11.8 Å². The van der Waals surface area contributed by atoms with E-state index in [0.717, 1.165) is 81.7 Å². The molecule has 3 aromatic rings. The molecule has 7 rings (SSSR count). The summed E-state index contributed by atoms with van der Waals surface area (Å²) < 4.78 is 6.31. The van der Waals surface area contributed by atoms with E-state index in [1.165, 1.54) is 24.7 Å². The highest BCUT2D eigenvalue weighted by Crippen LogP contribution is 2.35. The van der Waals surface area contributed by atoms with Gasteiger partial charge in [-0.25, -0.2) is 9.97 Å². The number of carbonyl (C=O) groups excluding carboxylic acids is 2. The predicted molar refractivity (Wildman–Crippen MR) is 193 cm³/mol. The van der Waals surface area contributed by atoms with Crippen molar-refractivity contribution in [2.75, 3.05) is 50.4 Å². The van der Waals surface area contributed by atoms with Crippen molar-refractivity contribution in [3.05, 3.63) is 76.6 Å². The zero-order valence-electron chi connectivity index (χ0n) is 28.2. The van der Waals surface area contributed by atoms with Gasteiger partial charge in [0.1, 0.15) is 29.8 Å². The second-order valence-corrected chi connectivity index (χ2v) is 14.2. The summed E-state index contributed by atoms with van der Waals surface area (Å²) in [7, 11) is 1.92. The number of nitrogens with zero attached hydrogens (tertiary/aromatic N) is 5. The van der Waals surface area contributed by atoms with Crippen molar-refractivity contribution in [3.8, 4) is 5.75 Å². The Hall–Kier alpha value is -4.15. The van der Waals surface area contributed by atoms with Crippen LogP contribution < -0.4 is 15.4 Å². The Balaban J connectivity index is 0.982. The number of likely N-dealkylation sites (tertiary alicyclic amines) is 2. The van der Waals surface area contributed by atoms with Gasteiger partial charge >= 0.3 is 0 Å². The first-order chi connectivity index (χ1) is 23.9. The van der Waals surface area contributed by atoms with Crippen LogP contribution in [0.25, 0.3) is 6.08 Å². The second kappa shape index (κ2) is 15.2. The number of fused-ring (bicyclic) bond motifs is 1. The van der Waals surface area contributed by atoms with E-state index < -0.39 is 0 Å². The topological polar surface area (TPSA) is 103 Å². The first-order valence-electron chi connectivity index (χ1n) is 17.8. The van der Waals surface area contributed by atoms with Gasteiger partial charge in [0.05, 0.1) is 10.6 Å². The molecular weight excluding hydrogens is 638 g/mol. The number of carbonyl (C=O) groups is 2. The van der Waals surface area contributed by atoms with Gasteiger partial charge in [-0.1, -0.05) is 54.8 Å². The summed E-state index contributed by atoms with van der Waals surface area (Å²) in [5.74, 6) is 2.47. The Kier molecular flexibility index (Phi) is 10.3. The molecule has 2 N–H and O–H groups in total. The molecule has 49 heavy (non-hydrogen) atoms. The van der Waals surface area contributed by atoms with Crippen LogP contribution >= 0.6 is 11.6 Å². The Morgan fingerprint density at radius 2 is 1.82 bits per heavy atom. The molecule has 0 bridgehead atoms. The first kappa shape index (κ1) is 33.4. The SMILES string of the molecule is CN(C(=O)C1=Cc2c(ncnc2Nc2ccc(OC3CCN(C(=O)C4CCCC4)CC3)c(Cl)c2)NCC1)C1CCN(Cc2ccccc2)C1. The number of ether oxygens (including phenoxy) is 1. The number of aromatic nitrogens is 2. The van der Waals surface area contributed by atoms with Gasteiger partial charge in [-0.05, 0) is 55.5 Å². The zero-order chi connectivity index (χ0) is 33.7. The summed E-state index contributed by atoms with van der Waals surface area (Å²) in [6, 6.07) is 16.3. The molecule has 3 aliphatic heterocycles. The van der Waals surface area contributed by atoms with Gasteiger partial charge in [0.15, 0.2) is 0 Å². The Labute approximate surface area is 293 Å². The maximum Gasteiger partial charge on any atom is 0.249 e. The lowest BCUT2D eigenvalue weighted by Gasteiger charge is -2.33. The molecule has 10 nitrogen and oxygen atoms in total. The molecular formula is C38H46ClN7O3. The fourth-order valence-corrected chi connectivity index (χ4v) is 7.85. The number of hydrogen-bond acceptors (Lipinski definition) is 8. The summed E-state index contributed by atoms with van der Waals surface area (Å²) in [6.45, 7) is 4.77. The molecule has 258 valence electrons. The fraction of sp³-hybridized carbons (Fsp3) is 0.474. The molecule has 2 amide bonds. The number of piperidine rings is 1. The van der Waals surface area contributed by atoms with E-state index in [1.807, 2.05) is 47.2 Å². The lowest BCUT2D eigenvalue weighted by atomic mass is 10.0. The zero-order valence-corrected chi connectivity index (χ0v) is 29.0. The number of nitrogens with one attached hydrogen (secondary N) is 2. The van der Waals surface area contributed by atoms with E-state index in [0.29, 0.717) is 41.3 Å². The molecule has 4 heterocycles. The van der Waals surface area contributed by atoms with Gasteiger partial charge in [-0.15, -0.1) is 0 Å². The lowest BCUT2D eigenvalue weighted by Crippen LogP contribution is -2.44. The number of rotatable bonds is 9. The summed E-state index contributed by atoms with van der Waals surface area (Å²) >= 11 is 6.73. The van der Waals surface area contributed by atoms with E-state index in [2.05, 4.69) is 49.8 Å². The number of halogens is 1. The van der Waals surface area contributed by atoms with Crippen LogP contribution in [0.4, 0.5) is 17.3 Å². The number of hydrogen-bond donors (Lipinski definition) is 2. The van der Waals surface area contributed by atoms with Crippen molar-refractivity contribution >= 4 is 46.8 Å². The molecule has 4 aliphatic rings. The molecule has 2 saturated heterocycles. The van der Waals surface area contributed by atoms with Crippen molar-refractivity contribution in [1.82, 2.24) is 24.7 Å². The summed E-state index contributed by atoms with van der Waals surface area (Å²) in [5.41, 5.74) is 3.51. The van der Waals surface area contributed by atoms with E-state index in [-0.39, 0.29) is 24.0 Å². The lowest BCUT2D eigenvalue weighted by molar-refractivity contribution is -0.137. The van der Waals surface area contributed by atoms with Gasteiger partial charge in [0.25, 0.3) is 0 Å². The minimum atomic E-state index is 0.0167. The van der Waals surface area contributed by atoms with E-state index in [1.54, 1.807) is 0 Å². The molecule has 1 aromatic heterocycles. The van der Waals surface area contributed by atoms with Crippen LogP contribution in [0.2, 0.25) is 5.02 Å². The highest BCUT2D eigenvalue weighted by molar-refractivity contribution is 6.32. The van der Waals surface area contributed by atoms with Crippen molar-refractivity contribution in [1.29, 1.82) is 0 Å². The smallest absolute Gasteiger partial charge is 0.249 e. The third-order valence-corrected chi connectivity index (χ3v) is 10.8. The van der Waals surface area contributed by atoms with Crippen LogP contribution in [0.1, 0.15) is 62.5 Å². The second-order valence-electron chi connectivity index (χ2n) is 13.8. The standard InChI is InChI=1S/C38H46ClN7O3/c1-44(30-14-18-45(24-30)23-26-7-3-2-4-8-26)37(47)28-13-17-40-35-32(21-28)36(42-25-41-35)43-29-11-12-34(33(39)22-29)49-31-15-19-46(20-16-31)38(48)27-9-5-6-10-27/h2-4,7-8,11-12,21-22,25,27,30-31H,5-6,9-10,13-20,23-24H2,1H3,(H2,40,41,42,43). The minimum absolute atomic E-state index is 0.0167. The maximum absolute atomic E-state index is 13.8. The molecule has 1 atom stereocenters. The third-order valence-electron chi connectivity index (χ3n) is 10.5. The average Bonchev–Trinajstić information content (AvgIpc) is 3.78. The quantitative estimate of drug-likeness (QED) is 0.269.